The first-order valence-corrected chi connectivity index (χ1v) is 38.0. The molecule has 0 radical (unpaired) electrons. The van der Waals surface area contributed by atoms with Crippen molar-refractivity contribution in [3.63, 3.8) is 0 Å². The van der Waals surface area contributed by atoms with Crippen LogP contribution in [0.1, 0.15) is 337 Å². The molecule has 398 valence electrons. The van der Waals surface area contributed by atoms with E-state index in [1.807, 2.05) is 0 Å². The standard InChI is InChI=1S/C58H122O2S4Si2/c1-7-13-17-21-25-29-33-37-41-45-49-57(65-59-11-5,50-46-42-38-34-30-26-22-18-14-8-2)53-55-61-63-64-62-56-54-58(66-60-12-6,51-47-43-39-35-31-27-23-19-15-9-3)52-48-44-40-36-32-28-24-20-16-10-4/h7-56,65-66H2,1-6H3. The molecule has 0 saturated heterocycles. The fourth-order valence-corrected chi connectivity index (χ4v) is 20.8. The van der Waals surface area contributed by atoms with E-state index in [4.69, 9.17) is 8.85 Å². The Labute approximate surface area is 438 Å². The van der Waals surface area contributed by atoms with E-state index in [2.05, 4.69) is 82.8 Å². The van der Waals surface area contributed by atoms with Crippen LogP contribution in [0.4, 0.5) is 0 Å². The largest absolute Gasteiger partial charge is 0.424 e. The van der Waals surface area contributed by atoms with Gasteiger partial charge in [0.2, 0.25) is 0 Å². The topological polar surface area (TPSA) is 18.5 Å². The predicted octanol–water partition coefficient (Wildman–Crippen LogP) is 22.2. The highest BCUT2D eigenvalue weighted by Crippen LogP contribution is 2.50. The molecule has 0 amide bonds. The van der Waals surface area contributed by atoms with E-state index >= 15 is 0 Å². The van der Waals surface area contributed by atoms with Gasteiger partial charge in [0, 0.05) is 24.7 Å². The van der Waals surface area contributed by atoms with Gasteiger partial charge in [0.1, 0.15) is 0 Å². The molecule has 0 rings (SSSR count). The van der Waals surface area contributed by atoms with Crippen molar-refractivity contribution in [1.29, 1.82) is 0 Å². The van der Waals surface area contributed by atoms with Crippen LogP contribution in [-0.4, -0.2) is 44.2 Å². The van der Waals surface area contributed by atoms with Gasteiger partial charge in [-0.25, -0.2) is 0 Å². The van der Waals surface area contributed by atoms with Crippen LogP contribution in [0.5, 0.6) is 0 Å². The lowest BCUT2D eigenvalue weighted by Crippen LogP contribution is -2.25. The summed E-state index contributed by atoms with van der Waals surface area (Å²) in [5, 5.41) is 1.02. The quantitative estimate of drug-likeness (QED) is 0.0341. The summed E-state index contributed by atoms with van der Waals surface area (Å²) in [5.41, 5.74) is 0. The van der Waals surface area contributed by atoms with Gasteiger partial charge in [-0.1, -0.05) is 306 Å². The molecule has 0 aliphatic carbocycles. The first-order valence-electron chi connectivity index (χ1n) is 30.3. The maximum absolute atomic E-state index is 6.50. The average Bonchev–Trinajstić information content (AvgIpc) is 3.33. The normalized spacial score (nSPS) is 12.6. The van der Waals surface area contributed by atoms with Crippen LogP contribution in [0.2, 0.25) is 10.1 Å². The summed E-state index contributed by atoms with van der Waals surface area (Å²) in [6, 6.07) is 0. The summed E-state index contributed by atoms with van der Waals surface area (Å²) in [6.07, 6.45) is 66.0. The third-order valence-corrected chi connectivity index (χ3v) is 26.1. The van der Waals surface area contributed by atoms with Gasteiger partial charge in [0.05, 0.1) is 0 Å². The molecular formula is C58H122O2S4Si2. The van der Waals surface area contributed by atoms with Crippen molar-refractivity contribution in [2.75, 3.05) is 24.7 Å². The van der Waals surface area contributed by atoms with Crippen molar-refractivity contribution < 1.29 is 8.85 Å². The molecule has 0 N–H and O–H groups in total. The molecule has 0 aliphatic rings. The zero-order valence-electron chi connectivity index (χ0n) is 46.2. The van der Waals surface area contributed by atoms with E-state index in [0.29, 0.717) is 10.1 Å². The van der Waals surface area contributed by atoms with Crippen molar-refractivity contribution in [3.8, 4) is 0 Å². The predicted molar refractivity (Wildman–Crippen MR) is 321 cm³/mol. The Morgan fingerprint density at radius 1 is 0.258 bits per heavy atom. The summed E-state index contributed by atoms with van der Waals surface area (Å²) in [4.78, 5) is 0. The summed E-state index contributed by atoms with van der Waals surface area (Å²) in [6.45, 7) is 15.7. The number of hydrogen-bond acceptors (Lipinski definition) is 6. The molecule has 0 saturated carbocycles. The highest BCUT2D eigenvalue weighted by atomic mass is 33.7. The maximum atomic E-state index is 6.50. The minimum absolute atomic E-state index is 0.508. The lowest BCUT2D eigenvalue weighted by molar-refractivity contribution is 0.305. The Bertz CT molecular complexity index is 783. The molecule has 0 bridgehead atoms. The second-order valence-corrected chi connectivity index (χ2v) is 31.9. The highest BCUT2D eigenvalue weighted by molar-refractivity contribution is 9.26. The second kappa shape index (κ2) is 56.1. The Morgan fingerprint density at radius 2 is 0.455 bits per heavy atom. The molecule has 0 aromatic carbocycles. The van der Waals surface area contributed by atoms with Gasteiger partial charge in [-0.3, -0.25) is 0 Å². The van der Waals surface area contributed by atoms with E-state index < -0.39 is 19.5 Å². The van der Waals surface area contributed by atoms with E-state index in [9.17, 15) is 0 Å². The lowest BCUT2D eigenvalue weighted by atomic mass is 9.90. The first kappa shape index (κ1) is 67.8. The molecule has 0 aromatic rings. The molecule has 0 heterocycles. The Kier molecular flexibility index (Phi) is 57.5. The van der Waals surface area contributed by atoms with Crippen LogP contribution in [-0.2, 0) is 8.85 Å². The van der Waals surface area contributed by atoms with Crippen molar-refractivity contribution in [2.24, 2.45) is 0 Å². The minimum Gasteiger partial charge on any atom is -0.424 e. The maximum Gasteiger partial charge on any atom is 0.167 e. The van der Waals surface area contributed by atoms with Gasteiger partial charge in [-0.05, 0) is 82.1 Å². The van der Waals surface area contributed by atoms with E-state index in [-0.39, 0.29) is 0 Å². The fraction of sp³-hybridized carbons (Fsp3) is 1.00. The fourth-order valence-electron chi connectivity index (χ4n) is 10.4. The Morgan fingerprint density at radius 3 is 0.652 bits per heavy atom. The minimum atomic E-state index is -0.543. The molecule has 0 fully saturated rings. The summed E-state index contributed by atoms with van der Waals surface area (Å²) >= 11 is 0. The van der Waals surface area contributed by atoms with Gasteiger partial charge in [-0.2, -0.15) is 0 Å². The molecule has 0 spiro atoms. The van der Waals surface area contributed by atoms with Crippen LogP contribution in [0.25, 0.3) is 0 Å². The molecule has 0 aromatic heterocycles. The van der Waals surface area contributed by atoms with Crippen LogP contribution >= 0.6 is 41.2 Å². The Hall–Kier alpha value is 1.75. The number of hydrogen-bond donors (Lipinski definition) is 0. The third-order valence-electron chi connectivity index (χ3n) is 15.0. The van der Waals surface area contributed by atoms with Crippen LogP contribution in [0, 0.1) is 0 Å². The van der Waals surface area contributed by atoms with E-state index in [1.54, 1.807) is 0 Å². The van der Waals surface area contributed by atoms with Crippen molar-refractivity contribution in [1.82, 2.24) is 0 Å². The molecule has 0 unspecified atom stereocenters. The van der Waals surface area contributed by atoms with Crippen molar-refractivity contribution in [3.05, 3.63) is 0 Å². The molecule has 0 aliphatic heterocycles. The average molecular weight is 1040 g/mol. The van der Waals surface area contributed by atoms with Crippen LogP contribution in [0.3, 0.4) is 0 Å². The molecular weight excluding hydrogens is 913 g/mol. The third kappa shape index (κ3) is 46.8. The Balaban J connectivity index is 5.17. The summed E-state index contributed by atoms with van der Waals surface area (Å²) in [5.74, 6) is 2.60. The monoisotopic (exact) mass is 1030 g/mol. The highest BCUT2D eigenvalue weighted by Gasteiger charge is 2.31. The van der Waals surface area contributed by atoms with E-state index in [1.165, 1.54) is 307 Å². The van der Waals surface area contributed by atoms with Crippen LogP contribution < -0.4 is 0 Å². The SMILES string of the molecule is CCCCCCCCCCCCC(CCCCCCCCCCCC)(CCSSSSCCC(CCCCCCCCCCCC)(CCCCCCCCCCCC)[SiH2]OCC)[SiH2]OCC. The van der Waals surface area contributed by atoms with Crippen molar-refractivity contribution >= 4 is 60.8 Å². The second-order valence-electron chi connectivity index (χ2n) is 21.3. The summed E-state index contributed by atoms with van der Waals surface area (Å²) < 4.78 is 13.0. The van der Waals surface area contributed by atoms with Gasteiger partial charge in [0.25, 0.3) is 0 Å². The van der Waals surface area contributed by atoms with Crippen LogP contribution in [0.15, 0.2) is 0 Å². The van der Waals surface area contributed by atoms with Gasteiger partial charge < -0.3 is 8.85 Å². The zero-order chi connectivity index (χ0) is 48.0. The smallest absolute Gasteiger partial charge is 0.167 e. The lowest BCUT2D eigenvalue weighted by Gasteiger charge is -2.34. The number of unbranched alkanes of at least 4 members (excludes halogenated alkanes) is 36. The van der Waals surface area contributed by atoms with Gasteiger partial charge in [-0.15, -0.1) is 0 Å². The van der Waals surface area contributed by atoms with Gasteiger partial charge in [0.15, 0.2) is 19.5 Å². The van der Waals surface area contributed by atoms with Crippen molar-refractivity contribution in [2.45, 2.75) is 347 Å². The molecule has 8 heteroatoms. The molecule has 2 nitrogen and oxygen atoms in total. The molecule has 66 heavy (non-hydrogen) atoms. The first-order chi connectivity index (χ1) is 32.6. The summed E-state index contributed by atoms with van der Waals surface area (Å²) in [7, 11) is 7.44. The van der Waals surface area contributed by atoms with E-state index in [0.717, 1.165) is 13.2 Å². The molecule has 0 atom stereocenters. The van der Waals surface area contributed by atoms with Gasteiger partial charge >= 0.3 is 0 Å². The zero-order valence-corrected chi connectivity index (χ0v) is 52.3. The number of rotatable bonds is 59.